The van der Waals surface area contributed by atoms with Crippen LogP contribution in [0.25, 0.3) is 5.53 Å². The van der Waals surface area contributed by atoms with Gasteiger partial charge in [0, 0.05) is 5.56 Å². The molecule has 1 rings (SSSR count). The van der Waals surface area contributed by atoms with E-state index in [9.17, 15) is 4.79 Å². The minimum atomic E-state index is -0.289. The third-order valence-corrected chi connectivity index (χ3v) is 1.25. The van der Waals surface area contributed by atoms with E-state index >= 15 is 0 Å². The number of carbonyl (C=O) groups is 1. The Morgan fingerprint density at radius 1 is 1.64 bits per heavy atom. The normalized spacial score (nSPS) is 10.4. The number of hydrogen-bond donors (Lipinski definition) is 1. The summed E-state index contributed by atoms with van der Waals surface area (Å²) in [5.41, 5.74) is 8.58. The molecule has 0 bridgehead atoms. The molecule has 11 heavy (non-hydrogen) atoms. The first-order valence-corrected chi connectivity index (χ1v) is 3.21. The number of rotatable bonds is 3. The Labute approximate surface area is 66.0 Å². The number of carbonyl (C=O) groups excluding carboxylic acids is 1. The SMILES string of the molecule is [3H]c1ccccc1C(=O)C[NH+]=[N-]. The Morgan fingerprint density at radius 3 is 3.09 bits per heavy atom. The van der Waals surface area contributed by atoms with Crippen molar-refractivity contribution in [3.63, 3.8) is 0 Å². The Kier molecular flexibility index (Phi) is 2.04. The summed E-state index contributed by atoms with van der Waals surface area (Å²) >= 11 is 0. The molecular weight excluding hydrogens is 140 g/mol. The van der Waals surface area contributed by atoms with Gasteiger partial charge >= 0.3 is 0 Å². The molecule has 0 amide bonds. The van der Waals surface area contributed by atoms with Crippen molar-refractivity contribution in [3.8, 4) is 0 Å². The lowest BCUT2D eigenvalue weighted by Crippen LogP contribution is -2.65. The second-order valence-corrected chi connectivity index (χ2v) is 2.03. The average Bonchev–Trinajstić information content (AvgIpc) is 2.05. The molecule has 1 aromatic carbocycles. The molecule has 0 radical (unpaired) electrons. The van der Waals surface area contributed by atoms with Crippen LogP contribution in [0.4, 0.5) is 0 Å². The third kappa shape index (κ3) is 1.97. The molecule has 0 aliphatic heterocycles. The van der Waals surface area contributed by atoms with Crippen LogP contribution in [-0.4, -0.2) is 12.3 Å². The van der Waals surface area contributed by atoms with Gasteiger partial charge in [0.1, 0.15) is 0 Å². The maximum Gasteiger partial charge on any atom is 0.226 e. The molecule has 56 valence electrons. The van der Waals surface area contributed by atoms with Crippen LogP contribution in [0.3, 0.4) is 0 Å². The molecule has 3 heteroatoms. The molecule has 0 aliphatic carbocycles. The topological polar surface area (TPSA) is 53.3 Å². The Morgan fingerprint density at radius 2 is 2.45 bits per heavy atom. The quantitative estimate of drug-likeness (QED) is 0.477. The van der Waals surface area contributed by atoms with Crippen LogP contribution in [-0.2, 0) is 0 Å². The highest BCUT2D eigenvalue weighted by atomic mass is 16.1. The van der Waals surface area contributed by atoms with Crippen molar-refractivity contribution < 1.29 is 11.3 Å². The van der Waals surface area contributed by atoms with Crippen LogP contribution in [0, 0.1) is 0 Å². The molecule has 0 aliphatic rings. The summed E-state index contributed by atoms with van der Waals surface area (Å²) in [6, 6.07) is 6.64. The number of nitrogens with zero attached hydrogens (tertiary/aromatic N) is 1. The summed E-state index contributed by atoms with van der Waals surface area (Å²) in [5, 5.41) is 1.76. The van der Waals surface area contributed by atoms with Gasteiger partial charge in [-0.3, -0.25) is 4.79 Å². The fraction of sp³-hybridized carbons (Fsp3) is 0.125. The lowest BCUT2D eigenvalue weighted by Gasteiger charge is -1.92. The van der Waals surface area contributed by atoms with Crippen molar-refractivity contribution in [2.75, 3.05) is 6.54 Å². The van der Waals surface area contributed by atoms with Gasteiger partial charge in [-0.1, -0.05) is 30.3 Å². The highest BCUT2D eigenvalue weighted by Crippen LogP contribution is 1.97. The average molecular weight is 150 g/mol. The van der Waals surface area contributed by atoms with Crippen LogP contribution in [0.15, 0.2) is 30.3 Å². The van der Waals surface area contributed by atoms with Crippen molar-refractivity contribution in [2.24, 2.45) is 0 Å². The smallest absolute Gasteiger partial charge is 0.226 e. The monoisotopic (exact) mass is 150 g/mol. The van der Waals surface area contributed by atoms with E-state index in [-0.39, 0.29) is 18.4 Å². The molecule has 0 atom stereocenters. The van der Waals surface area contributed by atoms with Gasteiger partial charge in [0.15, 0.2) is 6.54 Å². The molecule has 0 unspecified atom stereocenters. The zero-order valence-electron chi connectivity index (χ0n) is 6.87. The number of benzene rings is 1. The summed E-state index contributed by atoms with van der Waals surface area (Å²) in [4.78, 5) is 11.1. The van der Waals surface area contributed by atoms with E-state index in [1.807, 2.05) is 0 Å². The van der Waals surface area contributed by atoms with Crippen molar-refractivity contribution in [2.45, 2.75) is 0 Å². The lowest BCUT2D eigenvalue weighted by molar-refractivity contribution is -0.465. The largest absolute Gasteiger partial charge is 0.508 e. The van der Waals surface area contributed by atoms with Gasteiger partial charge in [0.05, 0.1) is 1.37 Å². The van der Waals surface area contributed by atoms with Crippen LogP contribution in [0.1, 0.15) is 11.7 Å². The fourth-order valence-corrected chi connectivity index (χ4v) is 0.734. The molecule has 1 N–H and O–H groups in total. The van der Waals surface area contributed by atoms with Crippen LogP contribution in [0.5, 0.6) is 0 Å². The number of nitrogens with one attached hydrogen (secondary N) is 1. The number of hydrogen-bond acceptors (Lipinski definition) is 1. The van der Waals surface area contributed by atoms with Crippen molar-refractivity contribution >= 4 is 5.78 Å². The van der Waals surface area contributed by atoms with Crippen LogP contribution in [0.2, 0.25) is 0 Å². The van der Waals surface area contributed by atoms with Crippen LogP contribution < -0.4 is 5.11 Å². The molecular formula is C8H8N2O. The third-order valence-electron chi connectivity index (χ3n) is 1.25. The van der Waals surface area contributed by atoms with Gasteiger partial charge in [-0.2, -0.15) is 0 Å². The standard InChI is InChI=1S/C8H8N2O/c9-10-6-8(11)7-4-2-1-3-5-7/h1-5,10H,6H2/i4T. The zero-order chi connectivity index (χ0) is 8.97. The Balaban J connectivity index is 2.94. The first-order valence-electron chi connectivity index (χ1n) is 3.71. The van der Waals surface area contributed by atoms with Crippen molar-refractivity contribution in [1.29, 1.82) is 0 Å². The molecule has 0 saturated carbocycles. The van der Waals surface area contributed by atoms with E-state index in [1.165, 1.54) is 6.07 Å². The first-order chi connectivity index (χ1) is 5.75. The molecule has 0 heterocycles. The Bertz CT molecular complexity index is 312. The summed E-state index contributed by atoms with van der Waals surface area (Å²) in [7, 11) is 0. The molecule has 1 aromatic rings. The van der Waals surface area contributed by atoms with E-state index in [0.29, 0.717) is 5.56 Å². The van der Waals surface area contributed by atoms with Gasteiger partial charge < -0.3 is 10.6 Å². The minimum absolute atomic E-state index is 0.157. The van der Waals surface area contributed by atoms with Gasteiger partial charge in [-0.25, -0.2) is 0 Å². The summed E-state index contributed by atoms with van der Waals surface area (Å²) in [6.07, 6.45) is 0. The lowest BCUT2D eigenvalue weighted by atomic mass is 10.1. The Hall–Kier alpha value is -1.51. The zero-order valence-corrected chi connectivity index (χ0v) is 5.87. The first kappa shape index (κ1) is 6.22. The molecule has 0 saturated heterocycles. The second kappa shape index (κ2) is 3.61. The van der Waals surface area contributed by atoms with E-state index in [2.05, 4.69) is 0 Å². The molecule has 3 nitrogen and oxygen atoms in total. The highest BCUT2D eigenvalue weighted by Gasteiger charge is 2.03. The summed E-state index contributed by atoms with van der Waals surface area (Å²) in [6.45, 7) is -0.157. The minimum Gasteiger partial charge on any atom is -0.508 e. The van der Waals surface area contributed by atoms with Gasteiger partial charge in [-0.15, -0.1) is 0 Å². The van der Waals surface area contributed by atoms with E-state index in [4.69, 9.17) is 6.90 Å². The molecule has 0 spiro atoms. The fourth-order valence-electron chi connectivity index (χ4n) is 0.734. The summed E-state index contributed by atoms with van der Waals surface area (Å²) < 4.78 is 7.35. The number of ketones is 1. The van der Waals surface area contributed by atoms with E-state index in [1.54, 1.807) is 23.3 Å². The maximum absolute atomic E-state index is 11.1. The predicted octanol–water partition coefficient (Wildman–Crippen LogP) is -0.0285. The van der Waals surface area contributed by atoms with Crippen molar-refractivity contribution in [3.05, 3.63) is 41.4 Å². The van der Waals surface area contributed by atoms with Crippen molar-refractivity contribution in [1.82, 2.24) is 0 Å². The maximum atomic E-state index is 11.1. The highest BCUT2D eigenvalue weighted by molar-refractivity contribution is 5.96. The van der Waals surface area contributed by atoms with Gasteiger partial charge in [0.2, 0.25) is 5.78 Å². The number of Topliss-reactive ketones (excluding diaryl/α,β-unsaturated/α-hetero) is 1. The van der Waals surface area contributed by atoms with Gasteiger partial charge in [-0.05, 0) is 0 Å². The second-order valence-electron chi connectivity index (χ2n) is 2.03. The van der Waals surface area contributed by atoms with E-state index in [0.717, 1.165) is 0 Å². The van der Waals surface area contributed by atoms with Crippen LogP contribution >= 0.6 is 0 Å². The van der Waals surface area contributed by atoms with Gasteiger partial charge in [0.25, 0.3) is 0 Å². The molecule has 0 fully saturated rings. The predicted molar refractivity (Wildman–Crippen MR) is 40.0 cm³/mol. The van der Waals surface area contributed by atoms with E-state index < -0.39 is 0 Å². The summed E-state index contributed by atoms with van der Waals surface area (Å²) in [5.74, 6) is -0.289. The molecule has 0 aromatic heterocycles.